The molecule has 0 amide bonds. The van der Waals surface area contributed by atoms with Crippen molar-refractivity contribution in [3.8, 4) is 0 Å². The van der Waals surface area contributed by atoms with Crippen LogP contribution in [0.25, 0.3) is 0 Å². The Morgan fingerprint density at radius 1 is 1.10 bits per heavy atom. The molecule has 114 valence electrons. The molecule has 0 aromatic heterocycles. The first kappa shape index (κ1) is 14.8. The fraction of sp³-hybridized carbons (Fsp3) is 0.533. The van der Waals surface area contributed by atoms with Crippen LogP contribution in [0.15, 0.2) is 12.1 Å². The zero-order chi connectivity index (χ0) is 15.1. The maximum absolute atomic E-state index is 13.7. The van der Waals surface area contributed by atoms with Crippen LogP contribution >= 0.6 is 0 Å². The minimum atomic E-state index is -1.35. The van der Waals surface area contributed by atoms with Crippen LogP contribution in [0.4, 0.5) is 13.2 Å². The second-order valence-corrected chi connectivity index (χ2v) is 7.78. The Kier molecular flexibility index (Phi) is 3.90. The summed E-state index contributed by atoms with van der Waals surface area (Å²) < 4.78 is 52.3. The lowest BCUT2D eigenvalue weighted by atomic mass is 9.84. The molecule has 0 N–H and O–H groups in total. The largest absolute Gasteiger partial charge is 0.294 e. The number of halogens is 3. The summed E-state index contributed by atoms with van der Waals surface area (Å²) in [5.74, 6) is -4.67. The molecule has 3 rings (SSSR count). The van der Waals surface area contributed by atoms with Crippen molar-refractivity contribution in [3.63, 3.8) is 0 Å². The molecule has 2 nitrogen and oxygen atoms in total. The molecule has 6 heteroatoms. The van der Waals surface area contributed by atoms with Gasteiger partial charge in [-0.05, 0) is 31.7 Å². The zero-order valence-electron chi connectivity index (χ0n) is 11.3. The summed E-state index contributed by atoms with van der Waals surface area (Å²) in [6.45, 7) is 0. The lowest BCUT2D eigenvalue weighted by Crippen LogP contribution is -2.41. The highest BCUT2D eigenvalue weighted by Gasteiger charge is 2.41. The summed E-state index contributed by atoms with van der Waals surface area (Å²) in [5, 5.41) is -0.0964. The quantitative estimate of drug-likeness (QED) is 0.619. The normalized spacial score (nSPS) is 32.0. The van der Waals surface area contributed by atoms with E-state index in [9.17, 15) is 22.2 Å². The molecule has 2 atom stereocenters. The summed E-state index contributed by atoms with van der Waals surface area (Å²) in [4.78, 5) is 12.4. The molecule has 0 radical (unpaired) electrons. The van der Waals surface area contributed by atoms with Crippen molar-refractivity contribution in [1.82, 2.24) is 0 Å². The monoisotopic (exact) mass is 316 g/mol. The van der Waals surface area contributed by atoms with Gasteiger partial charge in [0.1, 0.15) is 5.82 Å². The Morgan fingerprint density at radius 3 is 2.33 bits per heavy atom. The van der Waals surface area contributed by atoms with Crippen molar-refractivity contribution in [3.05, 3.63) is 35.1 Å². The molecule has 2 aliphatic heterocycles. The van der Waals surface area contributed by atoms with Crippen LogP contribution in [-0.4, -0.2) is 20.5 Å². The standard InChI is InChI=1S/C15H15F3O2S/c16-9-6-12(14(18)13(17)7-9)15(19)8-4-10-2-1-3-11(5-8)21(10)20/h6-8,10-11H,1-5H2. The van der Waals surface area contributed by atoms with Crippen LogP contribution in [0.5, 0.6) is 0 Å². The summed E-state index contributed by atoms with van der Waals surface area (Å²) >= 11 is 0. The molecule has 0 spiro atoms. The number of benzene rings is 1. The smallest absolute Gasteiger partial charge is 0.169 e. The molecule has 2 saturated heterocycles. The molecule has 2 aliphatic rings. The Labute approximate surface area is 123 Å². The van der Waals surface area contributed by atoms with Gasteiger partial charge in [-0.2, -0.15) is 0 Å². The molecule has 2 fully saturated rings. The van der Waals surface area contributed by atoms with E-state index < -0.39 is 45.5 Å². The fourth-order valence-corrected chi connectivity index (χ4v) is 5.59. The molecular weight excluding hydrogens is 301 g/mol. The Balaban J connectivity index is 1.88. The van der Waals surface area contributed by atoms with Crippen molar-refractivity contribution in [2.45, 2.75) is 42.6 Å². The number of hydrogen-bond acceptors (Lipinski definition) is 2. The first-order chi connectivity index (χ1) is 9.97. The van der Waals surface area contributed by atoms with E-state index in [1.165, 1.54) is 0 Å². The third-order valence-corrected chi connectivity index (χ3v) is 6.60. The van der Waals surface area contributed by atoms with Gasteiger partial charge in [0.25, 0.3) is 0 Å². The van der Waals surface area contributed by atoms with Gasteiger partial charge in [0.2, 0.25) is 0 Å². The first-order valence-corrected chi connectivity index (χ1v) is 8.33. The number of hydrogen-bond donors (Lipinski definition) is 0. The molecule has 2 unspecified atom stereocenters. The molecule has 2 heterocycles. The van der Waals surface area contributed by atoms with Crippen molar-refractivity contribution >= 4 is 16.6 Å². The minimum absolute atomic E-state index is 0.0482. The highest BCUT2D eigenvalue weighted by Crippen LogP contribution is 2.38. The van der Waals surface area contributed by atoms with Gasteiger partial charge in [-0.25, -0.2) is 13.2 Å². The van der Waals surface area contributed by atoms with Crippen LogP contribution in [-0.2, 0) is 10.8 Å². The van der Waals surface area contributed by atoms with Gasteiger partial charge >= 0.3 is 0 Å². The van der Waals surface area contributed by atoms with Crippen LogP contribution in [0.1, 0.15) is 42.5 Å². The molecular formula is C15H15F3O2S. The molecule has 0 aliphatic carbocycles. The second-order valence-electron chi connectivity index (χ2n) is 5.79. The Hall–Kier alpha value is -1.17. The maximum atomic E-state index is 13.7. The first-order valence-electron chi connectivity index (χ1n) is 7.05. The number of carbonyl (C=O) groups excluding carboxylic acids is 1. The summed E-state index contributed by atoms with van der Waals surface area (Å²) in [7, 11) is -0.938. The zero-order valence-corrected chi connectivity index (χ0v) is 12.1. The molecule has 2 bridgehead atoms. The van der Waals surface area contributed by atoms with E-state index >= 15 is 0 Å². The van der Waals surface area contributed by atoms with Gasteiger partial charge in [0, 0.05) is 33.3 Å². The SMILES string of the molecule is O=C(c1cc(F)cc(F)c1F)C1CC2CCCC(C1)S2=O. The van der Waals surface area contributed by atoms with Crippen LogP contribution in [0.3, 0.4) is 0 Å². The van der Waals surface area contributed by atoms with Gasteiger partial charge in [0.05, 0.1) is 5.56 Å². The van der Waals surface area contributed by atoms with Crippen molar-refractivity contribution in [2.24, 2.45) is 5.92 Å². The van der Waals surface area contributed by atoms with E-state index in [0.717, 1.165) is 25.3 Å². The number of rotatable bonds is 2. The van der Waals surface area contributed by atoms with E-state index in [0.29, 0.717) is 18.9 Å². The lowest BCUT2D eigenvalue weighted by Gasteiger charge is -2.37. The summed E-state index contributed by atoms with van der Waals surface area (Å²) in [6, 6.07) is 1.18. The van der Waals surface area contributed by atoms with E-state index in [-0.39, 0.29) is 10.5 Å². The molecule has 1 aromatic rings. The highest BCUT2D eigenvalue weighted by atomic mass is 32.2. The minimum Gasteiger partial charge on any atom is -0.294 e. The highest BCUT2D eigenvalue weighted by molar-refractivity contribution is 7.86. The summed E-state index contributed by atoms with van der Waals surface area (Å²) in [6.07, 6.45) is 3.42. The predicted octanol–water partition coefficient (Wildman–Crippen LogP) is 3.37. The van der Waals surface area contributed by atoms with Crippen molar-refractivity contribution in [1.29, 1.82) is 0 Å². The third-order valence-electron chi connectivity index (χ3n) is 4.43. The van der Waals surface area contributed by atoms with Gasteiger partial charge in [0.15, 0.2) is 17.4 Å². The van der Waals surface area contributed by atoms with E-state index in [4.69, 9.17) is 0 Å². The van der Waals surface area contributed by atoms with E-state index in [1.54, 1.807) is 0 Å². The lowest BCUT2D eigenvalue weighted by molar-refractivity contribution is 0.0889. The Bertz CT molecular complexity index is 601. The number of fused-ring (bicyclic) bond motifs is 2. The summed E-state index contributed by atoms with van der Waals surface area (Å²) in [5.41, 5.74) is -0.525. The van der Waals surface area contributed by atoms with E-state index in [2.05, 4.69) is 0 Å². The third kappa shape index (κ3) is 2.65. The topological polar surface area (TPSA) is 34.1 Å². The van der Waals surface area contributed by atoms with Gasteiger partial charge in [-0.15, -0.1) is 0 Å². The van der Waals surface area contributed by atoms with Crippen LogP contribution in [0, 0.1) is 23.4 Å². The number of Topliss-reactive ketones (excluding diaryl/α,β-unsaturated/α-hetero) is 1. The van der Waals surface area contributed by atoms with Gasteiger partial charge in [-0.3, -0.25) is 9.00 Å². The van der Waals surface area contributed by atoms with Gasteiger partial charge < -0.3 is 0 Å². The Morgan fingerprint density at radius 2 is 1.71 bits per heavy atom. The average Bonchev–Trinajstić information content (AvgIpc) is 2.41. The van der Waals surface area contributed by atoms with Crippen molar-refractivity contribution < 1.29 is 22.2 Å². The van der Waals surface area contributed by atoms with Gasteiger partial charge in [-0.1, -0.05) is 6.42 Å². The predicted molar refractivity (Wildman–Crippen MR) is 72.9 cm³/mol. The number of carbonyl (C=O) groups is 1. The van der Waals surface area contributed by atoms with E-state index in [1.807, 2.05) is 0 Å². The molecule has 0 saturated carbocycles. The van der Waals surface area contributed by atoms with Crippen LogP contribution < -0.4 is 0 Å². The molecule has 21 heavy (non-hydrogen) atoms. The number of ketones is 1. The van der Waals surface area contributed by atoms with Crippen molar-refractivity contribution in [2.75, 3.05) is 0 Å². The average molecular weight is 316 g/mol. The molecule has 1 aromatic carbocycles. The second kappa shape index (κ2) is 5.55. The van der Waals surface area contributed by atoms with Crippen LogP contribution in [0.2, 0.25) is 0 Å². The maximum Gasteiger partial charge on any atom is 0.169 e. The fourth-order valence-electron chi connectivity index (χ4n) is 3.40.